The largest absolute Gasteiger partial charge is 0.496 e. The number of aliphatic carboxylic acids is 1. The van der Waals surface area contributed by atoms with Gasteiger partial charge >= 0.3 is 5.97 Å². The molecule has 0 heterocycles. The summed E-state index contributed by atoms with van der Waals surface area (Å²) in [6.45, 7) is 3.78. The molecule has 1 unspecified atom stereocenters. The molecule has 5 nitrogen and oxygen atoms in total. The van der Waals surface area contributed by atoms with E-state index in [0.717, 1.165) is 11.1 Å². The molecule has 0 fully saturated rings. The zero-order valence-corrected chi connectivity index (χ0v) is 11.1. The van der Waals surface area contributed by atoms with Crippen LogP contribution in [0.2, 0.25) is 0 Å². The predicted molar refractivity (Wildman–Crippen MR) is 68.5 cm³/mol. The van der Waals surface area contributed by atoms with Gasteiger partial charge in [-0.25, -0.2) is 0 Å². The number of carboxylic acids is 1. The third-order valence-corrected chi connectivity index (χ3v) is 3.15. The van der Waals surface area contributed by atoms with Crippen LogP contribution in [0.3, 0.4) is 0 Å². The molecular formula is C13H19NO4. The van der Waals surface area contributed by atoms with E-state index in [4.69, 9.17) is 15.2 Å². The molecule has 1 aromatic carbocycles. The van der Waals surface area contributed by atoms with Gasteiger partial charge in [-0.3, -0.25) is 4.79 Å². The highest BCUT2D eigenvalue weighted by molar-refractivity contribution is 5.78. The van der Waals surface area contributed by atoms with Crippen molar-refractivity contribution in [1.82, 2.24) is 0 Å². The van der Waals surface area contributed by atoms with Gasteiger partial charge in [0.25, 0.3) is 0 Å². The molecule has 0 bridgehead atoms. The summed E-state index contributed by atoms with van der Waals surface area (Å²) in [7, 11) is 3.07. The Morgan fingerprint density at radius 3 is 2.33 bits per heavy atom. The van der Waals surface area contributed by atoms with Crippen molar-refractivity contribution in [3.63, 3.8) is 0 Å². The van der Waals surface area contributed by atoms with Crippen molar-refractivity contribution in [3.8, 4) is 11.5 Å². The molecule has 0 saturated carbocycles. The molecule has 0 saturated heterocycles. The Bertz CT molecular complexity index is 457. The molecular weight excluding hydrogens is 234 g/mol. The molecule has 0 aliphatic rings. The van der Waals surface area contributed by atoms with Crippen LogP contribution >= 0.6 is 0 Å². The number of benzene rings is 1. The molecule has 0 amide bonds. The van der Waals surface area contributed by atoms with E-state index in [-0.39, 0.29) is 6.54 Å². The first kappa shape index (κ1) is 14.3. The quantitative estimate of drug-likeness (QED) is 0.830. The van der Waals surface area contributed by atoms with E-state index >= 15 is 0 Å². The minimum atomic E-state index is -0.971. The van der Waals surface area contributed by atoms with E-state index in [1.165, 1.54) is 7.11 Å². The predicted octanol–water partition coefficient (Wildman–Crippen LogP) is 1.45. The van der Waals surface area contributed by atoms with Gasteiger partial charge < -0.3 is 20.3 Å². The van der Waals surface area contributed by atoms with Crippen LogP contribution in [0.25, 0.3) is 0 Å². The lowest BCUT2D eigenvalue weighted by Gasteiger charge is -2.20. The van der Waals surface area contributed by atoms with Crippen LogP contribution in [0.5, 0.6) is 11.5 Å². The number of methoxy groups -OCH3 is 2. The fraction of sp³-hybridized carbons (Fsp3) is 0.462. The Morgan fingerprint density at radius 2 is 1.94 bits per heavy atom. The zero-order chi connectivity index (χ0) is 13.9. The van der Waals surface area contributed by atoms with Crippen molar-refractivity contribution in [2.45, 2.75) is 19.8 Å². The first-order chi connectivity index (χ1) is 8.47. The second-order valence-corrected chi connectivity index (χ2v) is 4.08. The van der Waals surface area contributed by atoms with Gasteiger partial charge in [-0.05, 0) is 31.0 Å². The van der Waals surface area contributed by atoms with Crippen LogP contribution in [0.1, 0.15) is 22.6 Å². The molecule has 100 valence electrons. The van der Waals surface area contributed by atoms with Crippen molar-refractivity contribution in [3.05, 3.63) is 22.8 Å². The van der Waals surface area contributed by atoms with Crippen molar-refractivity contribution >= 4 is 5.97 Å². The number of hydrogen-bond acceptors (Lipinski definition) is 4. The zero-order valence-electron chi connectivity index (χ0n) is 11.1. The van der Waals surface area contributed by atoms with Crippen LogP contribution in [-0.4, -0.2) is 31.8 Å². The van der Waals surface area contributed by atoms with Crippen LogP contribution in [0.4, 0.5) is 0 Å². The van der Waals surface area contributed by atoms with Gasteiger partial charge in [0.15, 0.2) is 0 Å². The molecule has 1 atom stereocenters. The van der Waals surface area contributed by atoms with Crippen molar-refractivity contribution < 1.29 is 19.4 Å². The Morgan fingerprint density at radius 1 is 1.33 bits per heavy atom. The molecule has 1 aromatic rings. The molecule has 5 heteroatoms. The number of carboxylic acid groups (broad SMARTS) is 1. The molecule has 0 spiro atoms. The normalized spacial score (nSPS) is 12.1. The minimum absolute atomic E-state index is 0.0113. The smallest absolute Gasteiger partial charge is 0.312 e. The Labute approximate surface area is 107 Å². The van der Waals surface area contributed by atoms with Gasteiger partial charge in [0, 0.05) is 12.1 Å². The van der Waals surface area contributed by atoms with Crippen molar-refractivity contribution in [1.29, 1.82) is 0 Å². The van der Waals surface area contributed by atoms with Gasteiger partial charge in [0.2, 0.25) is 0 Å². The molecule has 0 aliphatic carbocycles. The monoisotopic (exact) mass is 253 g/mol. The maximum atomic E-state index is 11.2. The van der Waals surface area contributed by atoms with E-state index in [0.29, 0.717) is 17.1 Å². The lowest BCUT2D eigenvalue weighted by Crippen LogP contribution is -2.22. The van der Waals surface area contributed by atoms with Crippen molar-refractivity contribution in [2.24, 2.45) is 5.73 Å². The SMILES string of the molecule is COc1cc(C(CN)C(=O)O)c(OC)c(C)c1C. The summed E-state index contributed by atoms with van der Waals surface area (Å²) >= 11 is 0. The first-order valence-corrected chi connectivity index (χ1v) is 5.62. The number of rotatable bonds is 5. The number of ether oxygens (including phenoxy) is 2. The summed E-state index contributed by atoms with van der Waals surface area (Å²) in [6.07, 6.45) is 0. The highest BCUT2D eigenvalue weighted by Crippen LogP contribution is 2.37. The molecule has 3 N–H and O–H groups in total. The van der Waals surface area contributed by atoms with Crippen LogP contribution in [-0.2, 0) is 4.79 Å². The summed E-state index contributed by atoms with van der Waals surface area (Å²) in [6, 6.07) is 1.69. The second-order valence-electron chi connectivity index (χ2n) is 4.08. The van der Waals surface area contributed by atoms with Gasteiger partial charge in [0.05, 0.1) is 20.1 Å². The summed E-state index contributed by atoms with van der Waals surface area (Å²) in [4.78, 5) is 11.2. The van der Waals surface area contributed by atoms with Crippen molar-refractivity contribution in [2.75, 3.05) is 20.8 Å². The summed E-state index contributed by atoms with van der Waals surface area (Å²) in [5.74, 6) is -0.566. The summed E-state index contributed by atoms with van der Waals surface area (Å²) in [5.41, 5.74) is 7.88. The standard InChI is InChI=1S/C13H19NO4/c1-7-8(2)12(18-4)9(5-11(7)17-3)10(6-14)13(15)16/h5,10H,6,14H2,1-4H3,(H,15,16). The number of carbonyl (C=O) groups is 1. The Kier molecular flexibility index (Phi) is 4.55. The second kappa shape index (κ2) is 5.73. The lowest BCUT2D eigenvalue weighted by molar-refractivity contribution is -0.138. The minimum Gasteiger partial charge on any atom is -0.496 e. The maximum absolute atomic E-state index is 11.2. The fourth-order valence-electron chi connectivity index (χ4n) is 1.99. The van der Waals surface area contributed by atoms with Crippen LogP contribution < -0.4 is 15.2 Å². The van der Waals surface area contributed by atoms with Crippen LogP contribution in [0, 0.1) is 13.8 Å². The van der Waals surface area contributed by atoms with E-state index in [9.17, 15) is 9.90 Å². The molecule has 1 rings (SSSR count). The third kappa shape index (κ3) is 2.41. The highest BCUT2D eigenvalue weighted by Gasteiger charge is 2.25. The average molecular weight is 253 g/mol. The highest BCUT2D eigenvalue weighted by atomic mass is 16.5. The maximum Gasteiger partial charge on any atom is 0.312 e. The van der Waals surface area contributed by atoms with E-state index < -0.39 is 11.9 Å². The topological polar surface area (TPSA) is 81.8 Å². The summed E-state index contributed by atoms with van der Waals surface area (Å²) in [5, 5.41) is 9.19. The number of hydrogen-bond donors (Lipinski definition) is 2. The van der Waals surface area contributed by atoms with Gasteiger partial charge in [-0.15, -0.1) is 0 Å². The average Bonchev–Trinajstić information content (AvgIpc) is 2.34. The van der Waals surface area contributed by atoms with E-state index in [2.05, 4.69) is 0 Å². The Balaban J connectivity index is 3.50. The molecule has 0 aromatic heterocycles. The van der Waals surface area contributed by atoms with Gasteiger partial charge in [0.1, 0.15) is 11.5 Å². The van der Waals surface area contributed by atoms with Gasteiger partial charge in [-0.1, -0.05) is 0 Å². The fourth-order valence-corrected chi connectivity index (χ4v) is 1.99. The molecule has 18 heavy (non-hydrogen) atoms. The first-order valence-electron chi connectivity index (χ1n) is 5.62. The lowest BCUT2D eigenvalue weighted by atomic mass is 9.93. The molecule has 0 radical (unpaired) electrons. The van der Waals surface area contributed by atoms with E-state index in [1.807, 2.05) is 13.8 Å². The third-order valence-electron chi connectivity index (χ3n) is 3.15. The van der Waals surface area contributed by atoms with E-state index in [1.54, 1.807) is 13.2 Å². The Hall–Kier alpha value is -1.75. The van der Waals surface area contributed by atoms with Gasteiger partial charge in [-0.2, -0.15) is 0 Å². The number of nitrogens with two attached hydrogens (primary N) is 1. The van der Waals surface area contributed by atoms with Crippen LogP contribution in [0.15, 0.2) is 6.07 Å². The molecule has 0 aliphatic heterocycles. The summed E-state index contributed by atoms with van der Waals surface area (Å²) < 4.78 is 10.6.